The SMILES string of the molecule is C=CC(=O)OCC(COC(=O)C=C)OC(=O)NCCCCCCNC(=O)O[C@H](COC(=O)C=C)CO[C@@H](O)C=C. The zero-order valence-electron chi connectivity index (χ0n) is 22.4. The van der Waals surface area contributed by atoms with Crippen LogP contribution in [0.4, 0.5) is 9.59 Å². The Kier molecular flexibility index (Phi) is 20.4. The first-order valence-corrected chi connectivity index (χ1v) is 12.3. The third-order valence-corrected chi connectivity index (χ3v) is 4.58. The summed E-state index contributed by atoms with van der Waals surface area (Å²) < 4.78 is 29.8. The molecule has 224 valence electrons. The fourth-order valence-electron chi connectivity index (χ4n) is 2.58. The van der Waals surface area contributed by atoms with Crippen molar-refractivity contribution < 1.29 is 57.5 Å². The molecule has 0 radical (unpaired) electrons. The third-order valence-electron chi connectivity index (χ3n) is 4.58. The van der Waals surface area contributed by atoms with E-state index in [0.717, 1.165) is 37.1 Å². The van der Waals surface area contributed by atoms with E-state index in [0.29, 0.717) is 25.9 Å². The molecule has 0 saturated heterocycles. The van der Waals surface area contributed by atoms with Crippen LogP contribution in [-0.4, -0.2) is 93.2 Å². The monoisotopic (exact) mass is 570 g/mol. The molecule has 0 fully saturated rings. The van der Waals surface area contributed by atoms with Gasteiger partial charge in [0.15, 0.2) is 18.5 Å². The second-order valence-electron chi connectivity index (χ2n) is 7.78. The largest absolute Gasteiger partial charge is 0.458 e. The number of unbranched alkanes of at least 4 members (excludes halogenated alkanes) is 3. The molecule has 0 rings (SSSR count). The van der Waals surface area contributed by atoms with E-state index in [9.17, 15) is 29.1 Å². The van der Waals surface area contributed by atoms with Crippen LogP contribution in [0.3, 0.4) is 0 Å². The molecule has 0 aromatic heterocycles. The molecule has 14 heteroatoms. The van der Waals surface area contributed by atoms with Crippen molar-refractivity contribution in [1.82, 2.24) is 10.6 Å². The Morgan fingerprint density at radius 1 is 0.625 bits per heavy atom. The maximum absolute atomic E-state index is 12.0. The first-order chi connectivity index (χ1) is 19.1. The van der Waals surface area contributed by atoms with E-state index >= 15 is 0 Å². The summed E-state index contributed by atoms with van der Waals surface area (Å²) in [5.41, 5.74) is 0. The van der Waals surface area contributed by atoms with E-state index in [1.807, 2.05) is 0 Å². The highest BCUT2D eigenvalue weighted by Gasteiger charge is 2.19. The quantitative estimate of drug-likeness (QED) is 0.0425. The molecule has 0 aliphatic carbocycles. The maximum Gasteiger partial charge on any atom is 0.407 e. The number of nitrogens with one attached hydrogen (secondary N) is 2. The second kappa shape index (κ2) is 22.8. The van der Waals surface area contributed by atoms with Gasteiger partial charge in [-0.1, -0.05) is 39.2 Å². The number of aliphatic hydroxyl groups is 1. The molecule has 2 atom stereocenters. The van der Waals surface area contributed by atoms with E-state index in [2.05, 4.69) is 36.9 Å². The number of aliphatic hydroxyl groups excluding tert-OH is 1. The van der Waals surface area contributed by atoms with Crippen LogP contribution in [0.5, 0.6) is 0 Å². The van der Waals surface area contributed by atoms with Gasteiger partial charge >= 0.3 is 30.1 Å². The molecule has 0 aliphatic rings. The number of carbonyl (C=O) groups excluding carboxylic acids is 5. The predicted molar refractivity (Wildman–Crippen MR) is 141 cm³/mol. The molecule has 0 bridgehead atoms. The van der Waals surface area contributed by atoms with Gasteiger partial charge in [-0.05, 0) is 18.9 Å². The Morgan fingerprint density at radius 3 is 1.35 bits per heavy atom. The van der Waals surface area contributed by atoms with E-state index in [4.69, 9.17) is 28.4 Å². The van der Waals surface area contributed by atoms with E-state index in [-0.39, 0.29) is 26.4 Å². The van der Waals surface area contributed by atoms with Crippen molar-refractivity contribution in [1.29, 1.82) is 0 Å². The summed E-state index contributed by atoms with van der Waals surface area (Å²) in [6.45, 7) is 12.6. The van der Waals surface area contributed by atoms with Crippen molar-refractivity contribution in [2.75, 3.05) is 39.5 Å². The van der Waals surface area contributed by atoms with Crippen LogP contribution in [0, 0.1) is 0 Å². The number of hydrogen-bond acceptors (Lipinski definition) is 12. The first kappa shape index (κ1) is 35.8. The molecule has 0 heterocycles. The Morgan fingerprint density at radius 2 is 1.00 bits per heavy atom. The highest BCUT2D eigenvalue weighted by molar-refractivity contribution is 5.82. The van der Waals surface area contributed by atoms with Gasteiger partial charge in [-0.2, -0.15) is 0 Å². The number of rotatable bonds is 22. The summed E-state index contributed by atoms with van der Waals surface area (Å²) in [6.07, 6.45) is 1.86. The number of alkyl carbamates (subject to hydrolysis) is 2. The van der Waals surface area contributed by atoms with Crippen molar-refractivity contribution in [3.8, 4) is 0 Å². The van der Waals surface area contributed by atoms with E-state index in [1.54, 1.807) is 0 Å². The zero-order valence-corrected chi connectivity index (χ0v) is 22.4. The van der Waals surface area contributed by atoms with E-state index < -0.39 is 48.6 Å². The van der Waals surface area contributed by atoms with Crippen LogP contribution in [0.1, 0.15) is 25.7 Å². The Labute approximate surface area is 232 Å². The molecular weight excluding hydrogens is 532 g/mol. The van der Waals surface area contributed by atoms with Crippen LogP contribution < -0.4 is 10.6 Å². The highest BCUT2D eigenvalue weighted by Crippen LogP contribution is 2.03. The fraction of sp³-hybridized carbons (Fsp3) is 0.500. The number of carbonyl (C=O) groups is 5. The average Bonchev–Trinajstić information content (AvgIpc) is 2.95. The molecule has 0 aromatic carbocycles. The number of esters is 3. The van der Waals surface area contributed by atoms with Crippen LogP contribution >= 0.6 is 0 Å². The van der Waals surface area contributed by atoms with Gasteiger partial charge in [0, 0.05) is 31.3 Å². The van der Waals surface area contributed by atoms with Gasteiger partial charge in [0.1, 0.15) is 19.8 Å². The number of hydrogen-bond donors (Lipinski definition) is 3. The zero-order chi connectivity index (χ0) is 30.2. The van der Waals surface area contributed by atoms with Gasteiger partial charge in [-0.3, -0.25) is 0 Å². The lowest BCUT2D eigenvalue weighted by atomic mass is 10.2. The normalized spacial score (nSPS) is 11.7. The Bertz CT molecular complexity index is 837. The molecule has 0 aliphatic heterocycles. The first-order valence-electron chi connectivity index (χ1n) is 12.3. The number of ether oxygens (including phenoxy) is 6. The van der Waals surface area contributed by atoms with Crippen molar-refractivity contribution in [2.24, 2.45) is 0 Å². The predicted octanol–water partition coefficient (Wildman–Crippen LogP) is 1.45. The van der Waals surface area contributed by atoms with Gasteiger partial charge in [-0.15, -0.1) is 0 Å². The van der Waals surface area contributed by atoms with Crippen molar-refractivity contribution >= 4 is 30.1 Å². The Balaban J connectivity index is 4.22. The summed E-state index contributed by atoms with van der Waals surface area (Å²) in [6, 6.07) is 0. The Hall–Kier alpha value is -4.17. The fourth-order valence-corrected chi connectivity index (χ4v) is 2.58. The topological polar surface area (TPSA) is 185 Å². The van der Waals surface area contributed by atoms with Crippen molar-refractivity contribution in [3.05, 3.63) is 50.6 Å². The van der Waals surface area contributed by atoms with Gasteiger partial charge in [0.25, 0.3) is 0 Å². The maximum atomic E-state index is 12.0. The van der Waals surface area contributed by atoms with Crippen molar-refractivity contribution in [2.45, 2.75) is 44.2 Å². The van der Waals surface area contributed by atoms with Gasteiger partial charge in [-0.25, -0.2) is 24.0 Å². The minimum atomic E-state index is -1.27. The van der Waals surface area contributed by atoms with Crippen LogP contribution in [-0.2, 0) is 42.8 Å². The lowest BCUT2D eigenvalue weighted by Gasteiger charge is -2.19. The highest BCUT2D eigenvalue weighted by atomic mass is 16.6. The summed E-state index contributed by atoms with van der Waals surface area (Å²) in [5, 5.41) is 14.5. The molecule has 0 unspecified atom stereocenters. The lowest BCUT2D eigenvalue weighted by molar-refractivity contribution is -0.147. The third kappa shape index (κ3) is 19.9. The van der Waals surface area contributed by atoms with Gasteiger partial charge in [0.05, 0.1) is 6.61 Å². The van der Waals surface area contributed by atoms with Gasteiger partial charge < -0.3 is 44.2 Å². The van der Waals surface area contributed by atoms with Crippen LogP contribution in [0.25, 0.3) is 0 Å². The summed E-state index contributed by atoms with van der Waals surface area (Å²) >= 11 is 0. The van der Waals surface area contributed by atoms with E-state index in [1.165, 1.54) is 0 Å². The molecule has 2 amide bonds. The standard InChI is InChI=1S/C26H38N2O12/c1-5-21(29)35-15-19(16-36-22(30)6-2)39-25(33)27-13-11-9-10-12-14-28-26(34)40-20(17-37-23(31)7-3)18-38-24(32)8-4/h5-8,19-21,29H,1-4,9-18H2,(H,27,33)(H,28,34)/t19-,21+/m0/s1. The second-order valence-corrected chi connectivity index (χ2v) is 7.78. The summed E-state index contributed by atoms with van der Waals surface area (Å²) in [4.78, 5) is 57.7. The van der Waals surface area contributed by atoms with Crippen LogP contribution in [0.2, 0.25) is 0 Å². The summed E-state index contributed by atoms with van der Waals surface area (Å²) in [5.74, 6) is -2.15. The molecule has 0 spiro atoms. The molecule has 14 nitrogen and oxygen atoms in total. The minimum Gasteiger partial charge on any atom is -0.458 e. The average molecular weight is 571 g/mol. The number of amides is 2. The molecule has 40 heavy (non-hydrogen) atoms. The molecular formula is C26H38N2O12. The van der Waals surface area contributed by atoms with Crippen molar-refractivity contribution in [3.63, 3.8) is 0 Å². The summed E-state index contributed by atoms with van der Waals surface area (Å²) in [7, 11) is 0. The van der Waals surface area contributed by atoms with Gasteiger partial charge in [0.2, 0.25) is 0 Å². The molecule has 3 N–H and O–H groups in total. The van der Waals surface area contributed by atoms with Crippen LogP contribution in [0.15, 0.2) is 50.6 Å². The minimum absolute atomic E-state index is 0.235. The lowest BCUT2D eigenvalue weighted by Crippen LogP contribution is -2.36. The molecule has 0 saturated carbocycles. The smallest absolute Gasteiger partial charge is 0.407 e. The molecule has 0 aromatic rings.